The van der Waals surface area contributed by atoms with E-state index in [-0.39, 0.29) is 30.4 Å². The second-order valence-corrected chi connectivity index (χ2v) is 5.75. The van der Waals surface area contributed by atoms with Gasteiger partial charge in [0.25, 0.3) is 0 Å². The van der Waals surface area contributed by atoms with E-state index in [9.17, 15) is 13.6 Å². The first-order valence-corrected chi connectivity index (χ1v) is 7.24. The summed E-state index contributed by atoms with van der Waals surface area (Å²) >= 11 is 0. The van der Waals surface area contributed by atoms with Crippen molar-refractivity contribution in [3.05, 3.63) is 35.4 Å². The van der Waals surface area contributed by atoms with Crippen LogP contribution in [-0.4, -0.2) is 30.4 Å². The van der Waals surface area contributed by atoms with Gasteiger partial charge in [0.1, 0.15) is 11.6 Å². The van der Waals surface area contributed by atoms with Crippen LogP contribution in [0.15, 0.2) is 18.2 Å². The zero-order valence-electron chi connectivity index (χ0n) is 12.9. The van der Waals surface area contributed by atoms with Crippen molar-refractivity contribution in [3.63, 3.8) is 0 Å². The van der Waals surface area contributed by atoms with Crippen LogP contribution >= 0.6 is 0 Å². The zero-order chi connectivity index (χ0) is 16.0. The minimum Gasteiger partial charge on any atom is -0.346 e. The predicted octanol–water partition coefficient (Wildman–Crippen LogP) is 2.73. The largest absolute Gasteiger partial charge is 0.346 e. The second kappa shape index (κ2) is 8.08. The maximum Gasteiger partial charge on any atom is 0.222 e. The van der Waals surface area contributed by atoms with Crippen molar-refractivity contribution in [1.29, 1.82) is 0 Å². The normalized spacial score (nSPS) is 12.5. The van der Waals surface area contributed by atoms with Crippen molar-refractivity contribution in [1.82, 2.24) is 4.90 Å². The Kier molecular flexibility index (Phi) is 6.75. The van der Waals surface area contributed by atoms with Crippen molar-refractivity contribution >= 4 is 5.91 Å². The van der Waals surface area contributed by atoms with E-state index in [2.05, 4.69) is 0 Å². The van der Waals surface area contributed by atoms with Gasteiger partial charge in [0, 0.05) is 26.1 Å². The summed E-state index contributed by atoms with van der Waals surface area (Å²) in [7, 11) is 1.71. The lowest BCUT2D eigenvalue weighted by Gasteiger charge is -2.21. The first-order chi connectivity index (χ1) is 9.81. The van der Waals surface area contributed by atoms with Crippen molar-refractivity contribution in [2.45, 2.75) is 39.2 Å². The molecule has 0 saturated heterocycles. The summed E-state index contributed by atoms with van der Waals surface area (Å²) in [6.07, 6.45) is 1.09. The van der Waals surface area contributed by atoms with Gasteiger partial charge in [0.15, 0.2) is 0 Å². The number of rotatable bonds is 7. The van der Waals surface area contributed by atoms with E-state index in [1.54, 1.807) is 11.9 Å². The van der Waals surface area contributed by atoms with Gasteiger partial charge < -0.3 is 10.6 Å². The molecule has 1 aromatic carbocycles. The molecule has 0 heterocycles. The second-order valence-electron chi connectivity index (χ2n) is 5.75. The molecule has 118 valence electrons. The molecule has 3 nitrogen and oxygen atoms in total. The monoisotopic (exact) mass is 298 g/mol. The molecule has 0 saturated carbocycles. The Morgan fingerprint density at radius 1 is 1.33 bits per heavy atom. The lowest BCUT2D eigenvalue weighted by Crippen LogP contribution is -2.34. The van der Waals surface area contributed by atoms with E-state index in [1.807, 2.05) is 13.8 Å². The van der Waals surface area contributed by atoms with Crippen molar-refractivity contribution < 1.29 is 13.6 Å². The highest BCUT2D eigenvalue weighted by atomic mass is 19.1. The van der Waals surface area contributed by atoms with Gasteiger partial charge in [-0.2, -0.15) is 0 Å². The smallest absolute Gasteiger partial charge is 0.222 e. The standard InChI is InChI=1S/C16H24F2N2O/c1-11(2)15(19)8-9-20(3)16(21)7-4-12-10-13(17)5-6-14(12)18/h5-6,10-11,15H,4,7-9,19H2,1-3H3. The summed E-state index contributed by atoms with van der Waals surface area (Å²) in [5, 5.41) is 0. The molecule has 0 spiro atoms. The molecule has 0 fully saturated rings. The summed E-state index contributed by atoms with van der Waals surface area (Å²) in [6, 6.07) is 3.35. The van der Waals surface area contributed by atoms with Gasteiger partial charge >= 0.3 is 0 Å². The van der Waals surface area contributed by atoms with Gasteiger partial charge in [0.05, 0.1) is 0 Å². The van der Waals surface area contributed by atoms with E-state index < -0.39 is 11.6 Å². The Labute approximate surface area is 125 Å². The summed E-state index contributed by atoms with van der Waals surface area (Å²) in [5.41, 5.74) is 6.17. The molecule has 0 aromatic heterocycles. The van der Waals surface area contributed by atoms with Crippen LogP contribution < -0.4 is 5.73 Å². The van der Waals surface area contributed by atoms with Gasteiger partial charge in [-0.25, -0.2) is 8.78 Å². The number of nitrogens with two attached hydrogens (primary N) is 1. The summed E-state index contributed by atoms with van der Waals surface area (Å²) in [4.78, 5) is 13.6. The number of nitrogens with zero attached hydrogens (tertiary/aromatic N) is 1. The molecule has 0 bridgehead atoms. The number of carbonyl (C=O) groups excluding carboxylic acids is 1. The molecule has 1 aromatic rings. The van der Waals surface area contributed by atoms with Crippen LogP contribution in [0.3, 0.4) is 0 Å². The quantitative estimate of drug-likeness (QED) is 0.841. The van der Waals surface area contributed by atoms with Crippen LogP contribution in [-0.2, 0) is 11.2 Å². The Bertz CT molecular complexity index is 477. The van der Waals surface area contributed by atoms with Crippen molar-refractivity contribution in [2.24, 2.45) is 11.7 Å². The average molecular weight is 298 g/mol. The first kappa shape index (κ1) is 17.6. The lowest BCUT2D eigenvalue weighted by molar-refractivity contribution is -0.130. The number of hydrogen-bond acceptors (Lipinski definition) is 2. The van der Waals surface area contributed by atoms with Crippen LogP contribution in [0.1, 0.15) is 32.3 Å². The van der Waals surface area contributed by atoms with Gasteiger partial charge in [-0.15, -0.1) is 0 Å². The number of benzene rings is 1. The topological polar surface area (TPSA) is 46.3 Å². The molecule has 0 aliphatic carbocycles. The third-order valence-corrected chi connectivity index (χ3v) is 3.70. The molecule has 0 aliphatic rings. The Balaban J connectivity index is 2.44. The Morgan fingerprint density at radius 2 is 2.00 bits per heavy atom. The third-order valence-electron chi connectivity index (χ3n) is 3.70. The van der Waals surface area contributed by atoms with Gasteiger partial charge in [-0.3, -0.25) is 4.79 Å². The van der Waals surface area contributed by atoms with Crippen molar-refractivity contribution in [2.75, 3.05) is 13.6 Å². The van der Waals surface area contributed by atoms with Crippen LogP contribution in [0, 0.1) is 17.6 Å². The molecular weight excluding hydrogens is 274 g/mol. The van der Waals surface area contributed by atoms with Crippen LogP contribution in [0.5, 0.6) is 0 Å². The van der Waals surface area contributed by atoms with E-state index in [0.717, 1.165) is 24.6 Å². The lowest BCUT2D eigenvalue weighted by atomic mass is 10.0. The molecular formula is C16H24F2N2O. The molecule has 1 atom stereocenters. The maximum absolute atomic E-state index is 13.5. The summed E-state index contributed by atoms with van der Waals surface area (Å²) < 4.78 is 26.5. The van der Waals surface area contributed by atoms with E-state index in [4.69, 9.17) is 5.73 Å². The highest BCUT2D eigenvalue weighted by Crippen LogP contribution is 2.12. The fraction of sp³-hybridized carbons (Fsp3) is 0.562. The fourth-order valence-corrected chi connectivity index (χ4v) is 1.97. The van der Waals surface area contributed by atoms with Crippen LogP contribution in [0.25, 0.3) is 0 Å². The van der Waals surface area contributed by atoms with Gasteiger partial charge in [-0.05, 0) is 42.5 Å². The highest BCUT2D eigenvalue weighted by molar-refractivity contribution is 5.76. The number of halogens is 2. The molecule has 21 heavy (non-hydrogen) atoms. The predicted molar refractivity (Wildman–Crippen MR) is 79.7 cm³/mol. The fourth-order valence-electron chi connectivity index (χ4n) is 1.97. The maximum atomic E-state index is 13.5. The average Bonchev–Trinajstić information content (AvgIpc) is 2.44. The van der Waals surface area contributed by atoms with Gasteiger partial charge in [0.2, 0.25) is 5.91 Å². The number of amides is 1. The SMILES string of the molecule is CC(C)C(N)CCN(C)C(=O)CCc1cc(F)ccc1F. The highest BCUT2D eigenvalue weighted by Gasteiger charge is 2.14. The minimum atomic E-state index is -0.491. The van der Waals surface area contributed by atoms with Crippen LogP contribution in [0.4, 0.5) is 8.78 Å². The van der Waals surface area contributed by atoms with E-state index in [1.165, 1.54) is 0 Å². The molecule has 2 N–H and O–H groups in total. The number of hydrogen-bond donors (Lipinski definition) is 1. The molecule has 1 amide bonds. The van der Waals surface area contributed by atoms with E-state index >= 15 is 0 Å². The summed E-state index contributed by atoms with van der Waals surface area (Å²) in [5.74, 6) is -0.687. The molecule has 0 aliphatic heterocycles. The molecule has 0 radical (unpaired) electrons. The molecule has 1 rings (SSSR count). The Hall–Kier alpha value is -1.49. The zero-order valence-corrected chi connectivity index (χ0v) is 12.9. The molecule has 5 heteroatoms. The summed E-state index contributed by atoms with van der Waals surface area (Å²) in [6.45, 7) is 4.66. The number of aryl methyl sites for hydroxylation is 1. The number of carbonyl (C=O) groups is 1. The minimum absolute atomic E-state index is 0.0564. The van der Waals surface area contributed by atoms with Gasteiger partial charge in [-0.1, -0.05) is 13.8 Å². The third kappa shape index (κ3) is 5.79. The molecule has 1 unspecified atom stereocenters. The van der Waals surface area contributed by atoms with Crippen LogP contribution in [0.2, 0.25) is 0 Å². The van der Waals surface area contributed by atoms with Crippen molar-refractivity contribution in [3.8, 4) is 0 Å². The Morgan fingerprint density at radius 3 is 2.62 bits per heavy atom. The van der Waals surface area contributed by atoms with E-state index in [0.29, 0.717) is 12.5 Å². The first-order valence-electron chi connectivity index (χ1n) is 7.24.